The summed E-state index contributed by atoms with van der Waals surface area (Å²) >= 11 is 1.71. The van der Waals surface area contributed by atoms with Crippen molar-refractivity contribution in [2.45, 2.75) is 20.0 Å². The van der Waals surface area contributed by atoms with E-state index in [2.05, 4.69) is 38.6 Å². The molecular weight excluding hydrogens is 374 g/mol. The van der Waals surface area contributed by atoms with Crippen LogP contribution >= 0.6 is 11.3 Å². The van der Waals surface area contributed by atoms with Crippen LogP contribution in [0, 0.1) is 6.92 Å². The summed E-state index contributed by atoms with van der Waals surface area (Å²) < 4.78 is 12.2. The van der Waals surface area contributed by atoms with Crippen molar-refractivity contribution in [3.63, 3.8) is 0 Å². The lowest BCUT2D eigenvalue weighted by molar-refractivity contribution is 0.211. The molecule has 2 aromatic carbocycles. The van der Waals surface area contributed by atoms with Gasteiger partial charge in [-0.25, -0.2) is 0 Å². The van der Waals surface area contributed by atoms with Gasteiger partial charge in [0.15, 0.2) is 17.3 Å². The van der Waals surface area contributed by atoms with Gasteiger partial charge in [-0.3, -0.25) is 4.90 Å². The van der Waals surface area contributed by atoms with Crippen LogP contribution in [-0.4, -0.2) is 33.3 Å². The largest absolute Gasteiger partial charge is 0.504 e. The van der Waals surface area contributed by atoms with Gasteiger partial charge < -0.3 is 14.4 Å². The normalized spacial score (nSPS) is 14.6. The lowest BCUT2D eigenvalue weighted by atomic mass is 10.0. The summed E-state index contributed by atoms with van der Waals surface area (Å²) in [5.74, 6) is 1.96. The van der Waals surface area contributed by atoms with Gasteiger partial charge in [0, 0.05) is 41.2 Å². The summed E-state index contributed by atoms with van der Waals surface area (Å²) in [6, 6.07) is 12.2. The predicted molar refractivity (Wildman–Crippen MR) is 108 cm³/mol. The highest BCUT2D eigenvalue weighted by atomic mass is 32.1. The Kier molecular flexibility index (Phi) is 4.26. The van der Waals surface area contributed by atoms with Crippen molar-refractivity contribution in [2.24, 2.45) is 0 Å². The molecule has 0 saturated heterocycles. The molecule has 2 aromatic heterocycles. The molecule has 7 heteroatoms. The molecular formula is C21H19N3O3S. The molecule has 0 atom stereocenters. The Bertz CT molecular complexity index is 1150. The number of aromatic nitrogens is 2. The second kappa shape index (κ2) is 6.92. The summed E-state index contributed by atoms with van der Waals surface area (Å²) in [5.41, 5.74) is 3.08. The number of aryl methyl sites for hydroxylation is 1. The first-order valence-electron chi connectivity index (χ1n) is 9.14. The van der Waals surface area contributed by atoms with E-state index in [0.29, 0.717) is 37.2 Å². The zero-order valence-electron chi connectivity index (χ0n) is 15.4. The Morgan fingerprint density at radius 3 is 3.00 bits per heavy atom. The highest BCUT2D eigenvalue weighted by Gasteiger charge is 2.21. The van der Waals surface area contributed by atoms with Crippen LogP contribution in [0.5, 0.6) is 11.5 Å². The summed E-state index contributed by atoms with van der Waals surface area (Å²) in [4.78, 5) is 6.49. The Labute approximate surface area is 166 Å². The Balaban J connectivity index is 1.51. The molecule has 5 rings (SSSR count). The lowest BCUT2D eigenvalue weighted by Crippen LogP contribution is -2.25. The van der Waals surface area contributed by atoms with Gasteiger partial charge in [-0.15, -0.1) is 11.3 Å². The Morgan fingerprint density at radius 2 is 2.14 bits per heavy atom. The fourth-order valence-electron chi connectivity index (χ4n) is 3.65. The molecule has 1 aliphatic heterocycles. The quantitative estimate of drug-likeness (QED) is 0.558. The second-order valence-electron chi connectivity index (χ2n) is 6.92. The number of nitrogens with zero attached hydrogens (tertiary/aromatic N) is 3. The van der Waals surface area contributed by atoms with Crippen molar-refractivity contribution in [1.82, 2.24) is 15.0 Å². The fraction of sp³-hybridized carbons (Fsp3) is 0.238. The number of hydrogen-bond acceptors (Lipinski definition) is 7. The van der Waals surface area contributed by atoms with Crippen molar-refractivity contribution in [1.29, 1.82) is 0 Å². The predicted octanol–water partition coefficient (Wildman–Crippen LogP) is 4.36. The van der Waals surface area contributed by atoms with Crippen molar-refractivity contribution in [3.8, 4) is 22.6 Å². The monoisotopic (exact) mass is 393 g/mol. The maximum Gasteiger partial charge on any atom is 0.223 e. The number of phenols is 1. The first-order valence-corrected chi connectivity index (χ1v) is 10.0. The summed E-state index contributed by atoms with van der Waals surface area (Å²) in [6.45, 7) is 4.22. The molecule has 0 aliphatic carbocycles. The van der Waals surface area contributed by atoms with Crippen LogP contribution in [0.4, 0.5) is 0 Å². The summed E-state index contributed by atoms with van der Waals surface area (Å²) in [5, 5.41) is 18.0. The van der Waals surface area contributed by atoms with Gasteiger partial charge in [-0.1, -0.05) is 23.4 Å². The summed E-state index contributed by atoms with van der Waals surface area (Å²) in [7, 11) is 0. The van der Waals surface area contributed by atoms with Gasteiger partial charge in [0.05, 0.1) is 6.54 Å². The number of hydrogen-bond donors (Lipinski definition) is 1. The molecule has 0 fully saturated rings. The smallest absolute Gasteiger partial charge is 0.223 e. The van der Waals surface area contributed by atoms with Gasteiger partial charge >= 0.3 is 0 Å². The highest BCUT2D eigenvalue weighted by molar-refractivity contribution is 7.17. The molecule has 142 valence electrons. The molecule has 6 nitrogen and oxygen atoms in total. The second-order valence-corrected chi connectivity index (χ2v) is 7.83. The number of phenolic OH excluding ortho intramolecular Hbond substituents is 1. The minimum absolute atomic E-state index is 0.181. The SMILES string of the molecule is Cc1nc(CN2CCOc3c(O)cc(-c4csc5ccccc45)cc3C2)no1. The molecule has 0 spiro atoms. The molecule has 0 radical (unpaired) electrons. The lowest BCUT2D eigenvalue weighted by Gasteiger charge is -2.17. The Morgan fingerprint density at radius 1 is 1.25 bits per heavy atom. The van der Waals surface area contributed by atoms with E-state index in [4.69, 9.17) is 9.26 Å². The molecule has 1 N–H and O–H groups in total. The highest BCUT2D eigenvalue weighted by Crippen LogP contribution is 2.41. The van der Waals surface area contributed by atoms with Gasteiger partial charge in [-0.05, 0) is 29.1 Å². The van der Waals surface area contributed by atoms with Crippen LogP contribution in [0.3, 0.4) is 0 Å². The van der Waals surface area contributed by atoms with Crippen LogP contribution in [-0.2, 0) is 13.1 Å². The maximum absolute atomic E-state index is 10.6. The van der Waals surface area contributed by atoms with E-state index in [1.54, 1.807) is 24.3 Å². The van der Waals surface area contributed by atoms with Crippen molar-refractivity contribution in [2.75, 3.05) is 13.2 Å². The molecule has 0 saturated carbocycles. The molecule has 1 aliphatic rings. The number of rotatable bonds is 3. The van der Waals surface area contributed by atoms with Crippen LogP contribution in [0.25, 0.3) is 21.2 Å². The van der Waals surface area contributed by atoms with Crippen LogP contribution in [0.2, 0.25) is 0 Å². The van der Waals surface area contributed by atoms with E-state index in [1.807, 2.05) is 12.1 Å². The van der Waals surface area contributed by atoms with E-state index >= 15 is 0 Å². The van der Waals surface area contributed by atoms with Gasteiger partial charge in [0.25, 0.3) is 0 Å². The topological polar surface area (TPSA) is 71.6 Å². The van der Waals surface area contributed by atoms with Crippen LogP contribution < -0.4 is 4.74 Å². The number of fused-ring (bicyclic) bond motifs is 2. The molecule has 0 bridgehead atoms. The Hall–Kier alpha value is -2.90. The number of thiophene rings is 1. The maximum atomic E-state index is 10.6. The van der Waals surface area contributed by atoms with E-state index in [9.17, 15) is 5.11 Å². The first-order chi connectivity index (χ1) is 13.7. The van der Waals surface area contributed by atoms with Gasteiger partial charge in [0.1, 0.15) is 6.61 Å². The van der Waals surface area contributed by atoms with Crippen molar-refractivity contribution >= 4 is 21.4 Å². The minimum Gasteiger partial charge on any atom is -0.504 e. The van der Waals surface area contributed by atoms with E-state index < -0.39 is 0 Å². The van der Waals surface area contributed by atoms with Crippen LogP contribution in [0.15, 0.2) is 46.3 Å². The third-order valence-corrected chi connectivity index (χ3v) is 5.88. The average Bonchev–Trinajstić information content (AvgIpc) is 3.23. The number of ether oxygens (including phenoxy) is 1. The molecule has 3 heterocycles. The standard InChI is InChI=1S/C21H19N3O3S/c1-13-22-20(23-27-13)11-24-6-7-26-21-15(10-24)8-14(9-18(21)25)17-12-28-19-5-3-2-4-16(17)19/h2-5,8-9,12,25H,6-7,10-11H2,1H3. The third-order valence-electron chi connectivity index (χ3n) is 4.92. The molecule has 28 heavy (non-hydrogen) atoms. The van der Waals surface area contributed by atoms with E-state index in [1.165, 1.54) is 10.1 Å². The van der Waals surface area contributed by atoms with Gasteiger partial charge in [0.2, 0.25) is 5.89 Å². The first kappa shape index (κ1) is 17.2. The minimum atomic E-state index is 0.181. The zero-order valence-corrected chi connectivity index (χ0v) is 16.2. The number of benzene rings is 2. The molecule has 0 unspecified atom stereocenters. The van der Waals surface area contributed by atoms with E-state index in [-0.39, 0.29) is 5.75 Å². The number of aromatic hydroxyl groups is 1. The van der Waals surface area contributed by atoms with E-state index in [0.717, 1.165) is 23.2 Å². The zero-order chi connectivity index (χ0) is 19.1. The molecule has 4 aromatic rings. The van der Waals surface area contributed by atoms with Crippen molar-refractivity contribution < 1.29 is 14.4 Å². The van der Waals surface area contributed by atoms with Crippen LogP contribution in [0.1, 0.15) is 17.3 Å². The molecule has 0 amide bonds. The fourth-order valence-corrected chi connectivity index (χ4v) is 4.62. The van der Waals surface area contributed by atoms with Crippen molar-refractivity contribution in [3.05, 3.63) is 59.1 Å². The average molecular weight is 393 g/mol. The summed E-state index contributed by atoms with van der Waals surface area (Å²) in [6.07, 6.45) is 0. The third kappa shape index (κ3) is 3.12. The van der Waals surface area contributed by atoms with Gasteiger partial charge in [-0.2, -0.15) is 4.98 Å².